The second-order valence-electron chi connectivity index (χ2n) is 3.04. The smallest absolute Gasteiger partial charge is 0.222 e. The van der Waals surface area contributed by atoms with Crippen LogP contribution in [0.25, 0.3) is 0 Å². The molecule has 2 rings (SSSR count). The Hall–Kier alpha value is -0.570. The van der Waals surface area contributed by atoms with Gasteiger partial charge in [-0.3, -0.25) is 4.79 Å². The first-order chi connectivity index (χ1) is 5.84. The lowest BCUT2D eigenvalue weighted by Crippen LogP contribution is -2.23. The Bertz CT molecular complexity index is 139. The van der Waals surface area contributed by atoms with Crippen LogP contribution in [0.15, 0.2) is 0 Å². The largest absolute Gasteiger partial charge is 0.381 e. The molecule has 2 aliphatic rings. The maximum atomic E-state index is 10.7. The highest BCUT2D eigenvalue weighted by Gasteiger charge is 2.16. The van der Waals surface area contributed by atoms with Crippen LogP contribution in [-0.2, 0) is 9.53 Å². The summed E-state index contributed by atoms with van der Waals surface area (Å²) in [5.74, 6) is 0.326. The maximum Gasteiger partial charge on any atom is 0.222 e. The second kappa shape index (κ2) is 5.14. The molecule has 0 unspecified atom stereocenters. The highest BCUT2D eigenvalue weighted by Crippen LogP contribution is 2.07. The maximum absolute atomic E-state index is 10.7. The zero-order valence-electron chi connectivity index (χ0n) is 7.71. The minimum Gasteiger partial charge on any atom is -0.381 e. The molecule has 70 valence electrons. The lowest BCUT2D eigenvalue weighted by Gasteiger charge is -2.10. The van der Waals surface area contributed by atoms with E-state index in [1.807, 2.05) is 11.8 Å². The van der Waals surface area contributed by atoms with Crippen molar-refractivity contribution < 1.29 is 9.53 Å². The molecule has 0 aliphatic carbocycles. The van der Waals surface area contributed by atoms with Gasteiger partial charge in [-0.15, -0.1) is 0 Å². The molecule has 2 heterocycles. The van der Waals surface area contributed by atoms with Gasteiger partial charge in [-0.1, -0.05) is 0 Å². The number of carbonyl (C=O) groups is 1. The monoisotopic (exact) mass is 171 g/mol. The molecule has 3 nitrogen and oxygen atoms in total. The Morgan fingerprint density at radius 3 is 2.17 bits per heavy atom. The van der Waals surface area contributed by atoms with Crippen LogP contribution in [0.1, 0.15) is 26.2 Å². The van der Waals surface area contributed by atoms with Gasteiger partial charge in [0.25, 0.3) is 0 Å². The van der Waals surface area contributed by atoms with Gasteiger partial charge in [0, 0.05) is 32.7 Å². The summed E-state index contributed by atoms with van der Waals surface area (Å²) < 4.78 is 4.72. The third-order valence-electron chi connectivity index (χ3n) is 2.13. The zero-order chi connectivity index (χ0) is 8.81. The molecular formula is C9H17NO2. The number of rotatable bonds is 1. The molecule has 3 heteroatoms. The summed E-state index contributed by atoms with van der Waals surface area (Å²) in [6.45, 7) is 5.89. The van der Waals surface area contributed by atoms with E-state index in [1.165, 1.54) is 6.42 Å². The van der Waals surface area contributed by atoms with E-state index in [0.717, 1.165) is 39.1 Å². The molecule has 0 N–H and O–H groups in total. The zero-order valence-corrected chi connectivity index (χ0v) is 7.71. The fourth-order valence-corrected chi connectivity index (χ4v) is 1.18. The molecule has 0 aromatic heterocycles. The van der Waals surface area contributed by atoms with Crippen molar-refractivity contribution in [3.05, 3.63) is 0 Å². The van der Waals surface area contributed by atoms with Crippen LogP contribution in [0.2, 0.25) is 0 Å². The van der Waals surface area contributed by atoms with Gasteiger partial charge in [0.2, 0.25) is 5.91 Å². The number of nitrogens with zero attached hydrogens (tertiary/aromatic N) is 1. The molecule has 0 bridgehead atoms. The normalized spacial score (nSPS) is 21.4. The predicted octanol–water partition coefficient (Wildman–Crippen LogP) is 1.04. The van der Waals surface area contributed by atoms with Crippen LogP contribution in [0, 0.1) is 0 Å². The van der Waals surface area contributed by atoms with Crippen molar-refractivity contribution in [1.29, 1.82) is 0 Å². The standard InChI is InChI=1S/C6H11NO.C3H6O/c1-2-7-5-3-4-6(7)8;1-2-4-3-1/h2-5H2,1H3;1-3H2. The molecule has 0 radical (unpaired) electrons. The number of ether oxygens (including phenoxy) is 1. The van der Waals surface area contributed by atoms with Gasteiger partial charge in [-0.25, -0.2) is 0 Å². The molecule has 12 heavy (non-hydrogen) atoms. The third-order valence-corrected chi connectivity index (χ3v) is 2.13. The van der Waals surface area contributed by atoms with Crippen molar-refractivity contribution >= 4 is 5.91 Å². The molecule has 0 spiro atoms. The highest BCUT2D eigenvalue weighted by molar-refractivity contribution is 5.77. The van der Waals surface area contributed by atoms with E-state index in [9.17, 15) is 4.79 Å². The van der Waals surface area contributed by atoms with Gasteiger partial charge in [-0.2, -0.15) is 0 Å². The van der Waals surface area contributed by atoms with Gasteiger partial charge < -0.3 is 9.64 Å². The van der Waals surface area contributed by atoms with E-state index in [0.29, 0.717) is 5.91 Å². The first-order valence-corrected chi connectivity index (χ1v) is 4.70. The van der Waals surface area contributed by atoms with E-state index in [4.69, 9.17) is 4.74 Å². The van der Waals surface area contributed by atoms with Gasteiger partial charge in [-0.05, 0) is 19.8 Å². The molecule has 0 saturated carbocycles. The Labute approximate surface area is 73.7 Å². The number of hydrogen-bond acceptors (Lipinski definition) is 2. The molecule has 2 aliphatic heterocycles. The first-order valence-electron chi connectivity index (χ1n) is 4.70. The summed E-state index contributed by atoms with van der Waals surface area (Å²) in [5.41, 5.74) is 0. The van der Waals surface area contributed by atoms with Crippen LogP contribution in [0.5, 0.6) is 0 Å². The van der Waals surface area contributed by atoms with Crippen molar-refractivity contribution in [3.8, 4) is 0 Å². The van der Waals surface area contributed by atoms with E-state index in [-0.39, 0.29) is 0 Å². The van der Waals surface area contributed by atoms with E-state index in [2.05, 4.69) is 0 Å². The van der Waals surface area contributed by atoms with Crippen molar-refractivity contribution in [3.63, 3.8) is 0 Å². The van der Waals surface area contributed by atoms with Crippen molar-refractivity contribution in [2.45, 2.75) is 26.2 Å². The van der Waals surface area contributed by atoms with Gasteiger partial charge in [0.05, 0.1) is 0 Å². The number of likely N-dealkylation sites (tertiary alicyclic amines) is 1. The first kappa shape index (κ1) is 9.52. The third kappa shape index (κ3) is 2.81. The molecule has 2 saturated heterocycles. The number of hydrogen-bond donors (Lipinski definition) is 0. The summed E-state index contributed by atoms with van der Waals surface area (Å²) in [4.78, 5) is 12.6. The predicted molar refractivity (Wildman–Crippen MR) is 46.9 cm³/mol. The fourth-order valence-electron chi connectivity index (χ4n) is 1.18. The molecule has 0 aromatic carbocycles. The Morgan fingerprint density at radius 2 is 2.00 bits per heavy atom. The van der Waals surface area contributed by atoms with E-state index < -0.39 is 0 Å². The molecule has 1 amide bonds. The van der Waals surface area contributed by atoms with Crippen LogP contribution >= 0.6 is 0 Å². The van der Waals surface area contributed by atoms with Crippen molar-refractivity contribution in [1.82, 2.24) is 4.90 Å². The van der Waals surface area contributed by atoms with E-state index in [1.54, 1.807) is 0 Å². The summed E-state index contributed by atoms with van der Waals surface area (Å²) in [5, 5.41) is 0. The van der Waals surface area contributed by atoms with Crippen LogP contribution in [0.3, 0.4) is 0 Å². The lowest BCUT2D eigenvalue weighted by molar-refractivity contribution is -0.127. The van der Waals surface area contributed by atoms with Gasteiger partial charge >= 0.3 is 0 Å². The summed E-state index contributed by atoms with van der Waals surface area (Å²) >= 11 is 0. The number of carbonyl (C=O) groups excluding carboxylic acids is 1. The molecular weight excluding hydrogens is 154 g/mol. The SMILES string of the molecule is C1COC1.CCN1CCCC1=O. The van der Waals surface area contributed by atoms with Gasteiger partial charge in [0.1, 0.15) is 0 Å². The quantitative estimate of drug-likeness (QED) is 0.590. The van der Waals surface area contributed by atoms with Crippen LogP contribution in [0.4, 0.5) is 0 Å². The fraction of sp³-hybridized carbons (Fsp3) is 0.889. The van der Waals surface area contributed by atoms with Crippen LogP contribution in [-0.4, -0.2) is 37.1 Å². The van der Waals surface area contributed by atoms with Crippen molar-refractivity contribution in [2.75, 3.05) is 26.3 Å². The average molecular weight is 171 g/mol. The highest BCUT2D eigenvalue weighted by atomic mass is 16.5. The summed E-state index contributed by atoms with van der Waals surface area (Å²) in [6.07, 6.45) is 3.11. The van der Waals surface area contributed by atoms with Crippen LogP contribution < -0.4 is 0 Å². The lowest BCUT2D eigenvalue weighted by atomic mass is 10.4. The Balaban J connectivity index is 0.000000150. The Morgan fingerprint density at radius 1 is 1.42 bits per heavy atom. The Kier molecular flexibility index (Phi) is 4.08. The second-order valence-corrected chi connectivity index (χ2v) is 3.04. The van der Waals surface area contributed by atoms with E-state index >= 15 is 0 Å². The van der Waals surface area contributed by atoms with Crippen molar-refractivity contribution in [2.24, 2.45) is 0 Å². The minimum absolute atomic E-state index is 0.326. The molecule has 0 aromatic rings. The van der Waals surface area contributed by atoms with Gasteiger partial charge in [0.15, 0.2) is 0 Å². The number of amides is 1. The topological polar surface area (TPSA) is 29.5 Å². The minimum atomic E-state index is 0.326. The molecule has 2 fully saturated rings. The average Bonchev–Trinajstić information content (AvgIpc) is 2.31. The summed E-state index contributed by atoms with van der Waals surface area (Å²) in [6, 6.07) is 0. The molecule has 0 atom stereocenters. The summed E-state index contributed by atoms with van der Waals surface area (Å²) in [7, 11) is 0.